The lowest BCUT2D eigenvalue weighted by molar-refractivity contribution is 0.298. The molecule has 1 aromatic heterocycles. The van der Waals surface area contributed by atoms with Gasteiger partial charge in [0.1, 0.15) is 18.2 Å². The van der Waals surface area contributed by atoms with Crippen molar-refractivity contribution in [1.82, 2.24) is 9.55 Å². The lowest BCUT2D eigenvalue weighted by atomic mass is 9.87. The summed E-state index contributed by atoms with van der Waals surface area (Å²) in [5.41, 5.74) is 4.63. The van der Waals surface area contributed by atoms with Gasteiger partial charge in [-0.2, -0.15) is 0 Å². The van der Waals surface area contributed by atoms with Crippen LogP contribution in [0.3, 0.4) is 0 Å². The first-order valence-corrected chi connectivity index (χ1v) is 10.7. The molecule has 3 nitrogen and oxygen atoms in total. The highest BCUT2D eigenvalue weighted by Gasteiger charge is 2.14. The van der Waals surface area contributed by atoms with E-state index in [0.29, 0.717) is 13.0 Å². The first-order chi connectivity index (χ1) is 14.4. The Morgan fingerprint density at radius 3 is 2.33 bits per heavy atom. The van der Waals surface area contributed by atoms with Crippen LogP contribution in [0, 0.1) is 0 Å². The monoisotopic (exact) mass is 418 g/mol. The molecular formula is C26H27ClN2O. The van der Waals surface area contributed by atoms with E-state index < -0.39 is 0 Å². The number of ether oxygens (including phenoxy) is 1. The molecule has 0 unspecified atom stereocenters. The fourth-order valence-corrected chi connectivity index (χ4v) is 3.83. The quantitative estimate of drug-likeness (QED) is 0.350. The maximum absolute atomic E-state index is 6.39. The summed E-state index contributed by atoms with van der Waals surface area (Å²) >= 11 is 6.39. The van der Waals surface area contributed by atoms with Gasteiger partial charge in [0.25, 0.3) is 0 Å². The Kier molecular flexibility index (Phi) is 5.83. The smallest absolute Gasteiger partial charge is 0.119 e. The summed E-state index contributed by atoms with van der Waals surface area (Å²) in [5, 5.41) is 0.770. The number of halogens is 1. The average Bonchev–Trinajstić information content (AvgIpc) is 3.07. The summed E-state index contributed by atoms with van der Waals surface area (Å²) in [5.74, 6) is 1.89. The Balaban J connectivity index is 1.52. The third kappa shape index (κ3) is 4.52. The molecule has 0 amide bonds. The predicted octanol–water partition coefficient (Wildman–Crippen LogP) is 6.66. The minimum Gasteiger partial charge on any atom is -0.492 e. The molecule has 4 heteroatoms. The normalized spacial score (nSPS) is 11.7. The molecule has 4 rings (SSSR count). The second kappa shape index (κ2) is 8.53. The standard InChI is InChI=1S/C26H27ClN2O/c1-26(2,3)20-12-14-21(15-13-20)30-17-16-29-24-11-7-6-10-23(24)28-25(29)18-19-8-4-5-9-22(19)27/h4-15H,16-18H2,1-3H3. The molecule has 4 aromatic rings. The lowest BCUT2D eigenvalue weighted by Gasteiger charge is -2.19. The highest BCUT2D eigenvalue weighted by molar-refractivity contribution is 6.31. The second-order valence-electron chi connectivity index (χ2n) is 8.56. The molecule has 154 valence electrons. The van der Waals surface area contributed by atoms with Crippen LogP contribution in [0.15, 0.2) is 72.8 Å². The molecule has 0 N–H and O–H groups in total. The van der Waals surface area contributed by atoms with Crippen molar-refractivity contribution in [2.75, 3.05) is 6.61 Å². The molecule has 0 atom stereocenters. The van der Waals surface area contributed by atoms with Crippen LogP contribution in [-0.2, 0) is 18.4 Å². The molecule has 0 spiro atoms. The Labute approximate surface area is 183 Å². The second-order valence-corrected chi connectivity index (χ2v) is 8.97. The molecule has 0 fully saturated rings. The third-order valence-electron chi connectivity index (χ3n) is 5.34. The fourth-order valence-electron chi connectivity index (χ4n) is 3.63. The van der Waals surface area contributed by atoms with Gasteiger partial charge in [-0.1, -0.05) is 74.8 Å². The van der Waals surface area contributed by atoms with E-state index >= 15 is 0 Å². The lowest BCUT2D eigenvalue weighted by Crippen LogP contribution is -2.12. The maximum Gasteiger partial charge on any atom is 0.119 e. The van der Waals surface area contributed by atoms with E-state index in [4.69, 9.17) is 21.3 Å². The Morgan fingerprint density at radius 2 is 1.60 bits per heavy atom. The molecule has 30 heavy (non-hydrogen) atoms. The van der Waals surface area contributed by atoms with E-state index in [-0.39, 0.29) is 5.41 Å². The van der Waals surface area contributed by atoms with Gasteiger partial charge < -0.3 is 9.30 Å². The first-order valence-electron chi connectivity index (χ1n) is 10.3. The fraction of sp³-hybridized carbons (Fsp3) is 0.269. The van der Waals surface area contributed by atoms with Gasteiger partial charge >= 0.3 is 0 Å². The Hall–Kier alpha value is -2.78. The highest BCUT2D eigenvalue weighted by Crippen LogP contribution is 2.25. The summed E-state index contributed by atoms with van der Waals surface area (Å²) in [6.45, 7) is 7.95. The van der Waals surface area contributed by atoms with Gasteiger partial charge in [0.15, 0.2) is 0 Å². The molecule has 0 aliphatic heterocycles. The van der Waals surface area contributed by atoms with Crippen molar-refractivity contribution >= 4 is 22.6 Å². The molecule has 1 heterocycles. The zero-order valence-electron chi connectivity index (χ0n) is 17.7. The van der Waals surface area contributed by atoms with Crippen molar-refractivity contribution in [2.45, 2.75) is 39.2 Å². The Morgan fingerprint density at radius 1 is 0.900 bits per heavy atom. The molecule has 3 aromatic carbocycles. The summed E-state index contributed by atoms with van der Waals surface area (Å²) in [4.78, 5) is 4.86. The van der Waals surface area contributed by atoms with Gasteiger partial charge in [0.2, 0.25) is 0 Å². The van der Waals surface area contributed by atoms with Gasteiger partial charge in [-0.25, -0.2) is 4.98 Å². The van der Waals surface area contributed by atoms with Crippen LogP contribution in [-0.4, -0.2) is 16.2 Å². The van der Waals surface area contributed by atoms with Crippen molar-refractivity contribution in [3.05, 3.63) is 94.8 Å². The average molecular weight is 419 g/mol. The topological polar surface area (TPSA) is 27.1 Å². The van der Waals surface area contributed by atoms with Crippen molar-refractivity contribution in [3.8, 4) is 5.75 Å². The van der Waals surface area contributed by atoms with Crippen LogP contribution < -0.4 is 4.74 Å². The predicted molar refractivity (Wildman–Crippen MR) is 125 cm³/mol. The Bertz CT molecular complexity index is 1140. The van der Waals surface area contributed by atoms with Crippen LogP contribution in [0.25, 0.3) is 11.0 Å². The van der Waals surface area contributed by atoms with E-state index in [2.05, 4.69) is 61.7 Å². The SMILES string of the molecule is CC(C)(C)c1ccc(OCCn2c(Cc3ccccc3Cl)nc3ccccc32)cc1. The highest BCUT2D eigenvalue weighted by atomic mass is 35.5. The van der Waals surface area contributed by atoms with Crippen LogP contribution in [0.4, 0.5) is 0 Å². The molecular weight excluding hydrogens is 392 g/mol. The number of hydrogen-bond acceptors (Lipinski definition) is 2. The number of aromatic nitrogens is 2. The van der Waals surface area contributed by atoms with Gasteiger partial charge in [0.05, 0.1) is 17.6 Å². The van der Waals surface area contributed by atoms with Crippen molar-refractivity contribution < 1.29 is 4.74 Å². The minimum absolute atomic E-state index is 0.141. The van der Waals surface area contributed by atoms with Gasteiger partial charge in [-0.15, -0.1) is 0 Å². The number of rotatable bonds is 6. The molecule has 0 saturated carbocycles. The summed E-state index contributed by atoms with van der Waals surface area (Å²) in [6.07, 6.45) is 0.689. The van der Waals surface area contributed by atoms with Crippen LogP contribution in [0.2, 0.25) is 5.02 Å². The number of hydrogen-bond donors (Lipinski definition) is 0. The summed E-state index contributed by atoms with van der Waals surface area (Å²) in [7, 11) is 0. The molecule has 0 aliphatic carbocycles. The van der Waals surface area contributed by atoms with Crippen LogP contribution in [0.5, 0.6) is 5.75 Å². The number of para-hydroxylation sites is 2. The van der Waals surface area contributed by atoms with E-state index in [0.717, 1.165) is 39.7 Å². The van der Waals surface area contributed by atoms with Gasteiger partial charge in [0, 0.05) is 11.4 Å². The molecule has 0 radical (unpaired) electrons. The van der Waals surface area contributed by atoms with E-state index in [1.807, 2.05) is 36.4 Å². The summed E-state index contributed by atoms with van der Waals surface area (Å²) < 4.78 is 8.29. The summed E-state index contributed by atoms with van der Waals surface area (Å²) in [6, 6.07) is 24.6. The maximum atomic E-state index is 6.39. The first kappa shape index (κ1) is 20.5. The zero-order valence-corrected chi connectivity index (χ0v) is 18.5. The minimum atomic E-state index is 0.141. The zero-order chi connectivity index (χ0) is 21.1. The molecule has 0 bridgehead atoms. The third-order valence-corrected chi connectivity index (χ3v) is 5.71. The van der Waals surface area contributed by atoms with Gasteiger partial charge in [-0.3, -0.25) is 0 Å². The molecule has 0 saturated heterocycles. The van der Waals surface area contributed by atoms with E-state index in [1.165, 1.54) is 5.56 Å². The molecule has 0 aliphatic rings. The van der Waals surface area contributed by atoms with E-state index in [9.17, 15) is 0 Å². The largest absolute Gasteiger partial charge is 0.492 e. The van der Waals surface area contributed by atoms with Crippen LogP contribution >= 0.6 is 11.6 Å². The number of fused-ring (bicyclic) bond motifs is 1. The van der Waals surface area contributed by atoms with Crippen LogP contribution in [0.1, 0.15) is 37.7 Å². The van der Waals surface area contributed by atoms with Gasteiger partial charge in [-0.05, 0) is 46.9 Å². The van der Waals surface area contributed by atoms with Crippen molar-refractivity contribution in [2.24, 2.45) is 0 Å². The van der Waals surface area contributed by atoms with Crippen molar-refractivity contribution in [3.63, 3.8) is 0 Å². The number of nitrogens with zero attached hydrogens (tertiary/aromatic N) is 2. The number of benzene rings is 3. The van der Waals surface area contributed by atoms with E-state index in [1.54, 1.807) is 0 Å². The number of imidazole rings is 1. The van der Waals surface area contributed by atoms with Crippen molar-refractivity contribution in [1.29, 1.82) is 0 Å².